The first-order chi connectivity index (χ1) is 12.9. The molecule has 3 aromatic rings. The molecule has 0 aliphatic heterocycles. The van der Waals surface area contributed by atoms with Crippen LogP contribution in [0.15, 0.2) is 54.6 Å². The molecule has 0 aromatic heterocycles. The van der Waals surface area contributed by atoms with E-state index in [0.717, 1.165) is 12.1 Å². The van der Waals surface area contributed by atoms with Crippen molar-refractivity contribution in [3.8, 4) is 34.1 Å². The maximum Gasteiger partial charge on any atom is 0.325 e. The predicted octanol–water partition coefficient (Wildman–Crippen LogP) is 5.68. The van der Waals surface area contributed by atoms with Gasteiger partial charge in [0.05, 0.1) is 0 Å². The van der Waals surface area contributed by atoms with E-state index in [9.17, 15) is 18.0 Å². The van der Waals surface area contributed by atoms with Crippen LogP contribution in [0.1, 0.15) is 5.56 Å². The molecule has 0 fully saturated rings. The number of benzene rings is 3. The van der Waals surface area contributed by atoms with Crippen LogP contribution in [-0.4, -0.2) is 5.71 Å². The van der Waals surface area contributed by atoms with Crippen LogP contribution < -0.4 is 4.74 Å². The zero-order valence-electron chi connectivity index (χ0n) is 13.7. The third-order valence-electron chi connectivity index (χ3n) is 3.84. The largest absolute Gasteiger partial charge is 0.424 e. The first-order valence-electron chi connectivity index (χ1n) is 7.66. The van der Waals surface area contributed by atoms with Crippen LogP contribution in [0, 0.1) is 28.8 Å². The molecule has 0 aliphatic carbocycles. The summed E-state index contributed by atoms with van der Waals surface area (Å²) in [6, 6.07) is 13.9. The fourth-order valence-electron chi connectivity index (χ4n) is 2.60. The number of carbonyl (C=O) groups is 1. The summed E-state index contributed by atoms with van der Waals surface area (Å²) in [5.41, 5.74) is -0.0248. The molecule has 134 valence electrons. The van der Waals surface area contributed by atoms with E-state index in [-0.39, 0.29) is 11.1 Å². The van der Waals surface area contributed by atoms with Gasteiger partial charge in [-0.25, -0.2) is 18.0 Å². The molecular formula is C20H11F3NO2P. The second kappa shape index (κ2) is 7.61. The average molecular weight is 385 g/mol. The average Bonchev–Trinajstić information content (AvgIpc) is 2.61. The number of nitriles is 1. The molecule has 0 saturated heterocycles. The number of ether oxygens (including phenoxy) is 1. The number of hydrogen-bond acceptors (Lipinski definition) is 3. The minimum Gasteiger partial charge on any atom is -0.424 e. The smallest absolute Gasteiger partial charge is 0.325 e. The second-order valence-corrected chi connectivity index (χ2v) is 6.04. The van der Waals surface area contributed by atoms with Crippen molar-refractivity contribution in [3.05, 3.63) is 77.6 Å². The van der Waals surface area contributed by atoms with Gasteiger partial charge in [-0.1, -0.05) is 24.3 Å². The van der Waals surface area contributed by atoms with Crippen molar-refractivity contribution in [1.29, 1.82) is 5.26 Å². The highest BCUT2D eigenvalue weighted by Gasteiger charge is 2.14. The van der Waals surface area contributed by atoms with Crippen LogP contribution in [0.5, 0.6) is 5.75 Å². The van der Waals surface area contributed by atoms with Crippen molar-refractivity contribution in [2.24, 2.45) is 0 Å². The molecule has 3 rings (SSSR count). The van der Waals surface area contributed by atoms with Gasteiger partial charge in [-0.15, -0.1) is 0 Å². The molecule has 1 atom stereocenters. The quantitative estimate of drug-likeness (QED) is 0.545. The van der Waals surface area contributed by atoms with Crippen LogP contribution in [0.3, 0.4) is 0 Å². The van der Waals surface area contributed by atoms with Gasteiger partial charge >= 0.3 is 5.71 Å². The molecule has 0 amide bonds. The maximum absolute atomic E-state index is 14.5. The summed E-state index contributed by atoms with van der Waals surface area (Å²) >= 11 is 0. The Morgan fingerprint density at radius 2 is 1.41 bits per heavy atom. The van der Waals surface area contributed by atoms with E-state index in [4.69, 9.17) is 10.00 Å². The molecule has 1 unspecified atom stereocenters. The fourth-order valence-corrected chi connectivity index (χ4v) is 2.73. The molecular weight excluding hydrogens is 374 g/mol. The number of halogens is 3. The highest BCUT2D eigenvalue weighted by Crippen LogP contribution is 2.30. The monoisotopic (exact) mass is 385 g/mol. The van der Waals surface area contributed by atoms with Crippen molar-refractivity contribution in [3.63, 3.8) is 0 Å². The molecule has 0 heterocycles. The van der Waals surface area contributed by atoms with E-state index in [1.54, 1.807) is 30.3 Å². The minimum absolute atomic E-state index is 0.00393. The van der Waals surface area contributed by atoms with Gasteiger partial charge in [0.1, 0.15) is 34.8 Å². The topological polar surface area (TPSA) is 50.1 Å². The Bertz CT molecular complexity index is 1050. The molecule has 0 spiro atoms. The first-order valence-corrected chi connectivity index (χ1v) is 8.23. The van der Waals surface area contributed by atoms with Crippen molar-refractivity contribution in [1.82, 2.24) is 0 Å². The highest BCUT2D eigenvalue weighted by atomic mass is 31.0. The maximum atomic E-state index is 14.5. The summed E-state index contributed by atoms with van der Waals surface area (Å²) < 4.78 is 47.0. The second-order valence-electron chi connectivity index (χ2n) is 5.57. The van der Waals surface area contributed by atoms with E-state index >= 15 is 0 Å². The molecule has 0 N–H and O–H groups in total. The number of rotatable bonds is 3. The number of carbonyl (C=O) groups excluding carboxylic acids is 1. The standard InChI is InChI=1S/C20H11F3NO2P/c21-17-7-12(11-1-4-14(5-2-11)26-20(25)27)3-6-15(17)13-8-18(22)16(10-24)19(23)9-13/h1-9H,27H2. The fraction of sp³-hybridized carbons (Fsp3) is 0. The van der Waals surface area contributed by atoms with Gasteiger partial charge in [-0.3, -0.25) is 0 Å². The molecule has 27 heavy (non-hydrogen) atoms. The van der Waals surface area contributed by atoms with Gasteiger partial charge in [-0.05, 0) is 56.3 Å². The van der Waals surface area contributed by atoms with E-state index in [2.05, 4.69) is 0 Å². The van der Waals surface area contributed by atoms with Gasteiger partial charge in [0.25, 0.3) is 0 Å². The van der Waals surface area contributed by atoms with Gasteiger partial charge in [0, 0.05) is 5.56 Å². The molecule has 0 aliphatic rings. The molecule has 7 heteroatoms. The third-order valence-corrected chi connectivity index (χ3v) is 3.96. The Morgan fingerprint density at radius 1 is 0.852 bits per heavy atom. The minimum atomic E-state index is -1.05. The zero-order valence-corrected chi connectivity index (χ0v) is 14.8. The Balaban J connectivity index is 1.95. The predicted molar refractivity (Wildman–Crippen MR) is 97.6 cm³/mol. The van der Waals surface area contributed by atoms with E-state index < -0.39 is 28.7 Å². The van der Waals surface area contributed by atoms with Gasteiger partial charge in [0.2, 0.25) is 0 Å². The Kier molecular flexibility index (Phi) is 5.25. The lowest BCUT2D eigenvalue weighted by Crippen LogP contribution is -1.95. The van der Waals surface area contributed by atoms with Crippen LogP contribution >= 0.6 is 9.24 Å². The highest BCUT2D eigenvalue weighted by molar-refractivity contribution is 7.39. The van der Waals surface area contributed by atoms with E-state index in [0.29, 0.717) is 16.9 Å². The number of hydrogen-bond donors (Lipinski definition) is 0. The van der Waals surface area contributed by atoms with E-state index in [1.165, 1.54) is 18.2 Å². The lowest BCUT2D eigenvalue weighted by molar-refractivity contribution is 0.227. The SMILES string of the molecule is N#Cc1c(F)cc(-c2ccc(-c3ccc(OC(=O)P)cc3)cc2F)cc1F. The lowest BCUT2D eigenvalue weighted by Gasteiger charge is -2.09. The summed E-state index contributed by atoms with van der Waals surface area (Å²) in [5.74, 6) is -2.42. The van der Waals surface area contributed by atoms with Crippen molar-refractivity contribution < 1.29 is 22.7 Å². The number of nitrogens with zero attached hydrogens (tertiary/aromatic N) is 1. The summed E-state index contributed by atoms with van der Waals surface area (Å²) in [6.07, 6.45) is 0. The first kappa shape index (κ1) is 18.6. The molecule has 3 nitrogen and oxygen atoms in total. The molecule has 3 aromatic carbocycles. The van der Waals surface area contributed by atoms with E-state index in [1.807, 2.05) is 9.24 Å². The summed E-state index contributed by atoms with van der Waals surface area (Å²) in [4.78, 5) is 10.9. The molecule has 0 saturated carbocycles. The summed E-state index contributed by atoms with van der Waals surface area (Å²) in [7, 11) is 1.89. The zero-order chi connectivity index (χ0) is 19.6. The van der Waals surface area contributed by atoms with Gasteiger partial charge < -0.3 is 4.74 Å². The van der Waals surface area contributed by atoms with Crippen molar-refractivity contribution >= 4 is 15.0 Å². The van der Waals surface area contributed by atoms with Crippen LogP contribution in [0.25, 0.3) is 22.3 Å². The summed E-state index contributed by atoms with van der Waals surface area (Å²) in [6.45, 7) is 0. The third kappa shape index (κ3) is 3.99. The van der Waals surface area contributed by atoms with Crippen molar-refractivity contribution in [2.45, 2.75) is 0 Å². The Morgan fingerprint density at radius 3 is 1.93 bits per heavy atom. The van der Waals surface area contributed by atoms with Gasteiger partial charge in [-0.2, -0.15) is 5.26 Å². The van der Waals surface area contributed by atoms with Crippen molar-refractivity contribution in [2.75, 3.05) is 0 Å². The lowest BCUT2D eigenvalue weighted by atomic mass is 9.98. The van der Waals surface area contributed by atoms with Gasteiger partial charge in [0.15, 0.2) is 0 Å². The Labute approximate surface area is 155 Å². The summed E-state index contributed by atoms with van der Waals surface area (Å²) in [5, 5.41) is 8.71. The molecule has 0 bridgehead atoms. The van der Waals surface area contributed by atoms with Crippen LogP contribution in [0.2, 0.25) is 0 Å². The van der Waals surface area contributed by atoms with Crippen LogP contribution in [0.4, 0.5) is 18.0 Å². The van der Waals surface area contributed by atoms with Crippen LogP contribution in [-0.2, 0) is 0 Å². The normalized spacial score (nSPS) is 10.3. The Hall–Kier alpha value is -3.16. The molecule has 0 radical (unpaired) electrons.